The molecule has 1 fully saturated rings. The van der Waals surface area contributed by atoms with Gasteiger partial charge in [-0.15, -0.1) is 11.3 Å². The predicted molar refractivity (Wildman–Crippen MR) is 114 cm³/mol. The van der Waals surface area contributed by atoms with Crippen molar-refractivity contribution < 1.29 is 22.7 Å². The van der Waals surface area contributed by atoms with Crippen LogP contribution in [0.15, 0.2) is 34.5 Å². The summed E-state index contributed by atoms with van der Waals surface area (Å²) in [6, 6.07) is 5.84. The number of carbonyl (C=O) groups excluding carboxylic acids is 2. The summed E-state index contributed by atoms with van der Waals surface area (Å²) >= 11 is 1.28. The van der Waals surface area contributed by atoms with Gasteiger partial charge in [0.1, 0.15) is 0 Å². The molecular weight excluding hydrogens is 428 g/mol. The second kappa shape index (κ2) is 9.65. The molecule has 0 aliphatic carbocycles. The molecule has 0 saturated carbocycles. The molecule has 1 unspecified atom stereocenters. The summed E-state index contributed by atoms with van der Waals surface area (Å²) in [5, 5.41) is 7.46. The highest BCUT2D eigenvalue weighted by atomic mass is 32.2. The fourth-order valence-electron chi connectivity index (χ4n) is 3.06. The highest BCUT2D eigenvalue weighted by Gasteiger charge is 2.31. The summed E-state index contributed by atoms with van der Waals surface area (Å²) in [4.78, 5) is 27.9. The molecular formula is C19H24N4O5S2. The van der Waals surface area contributed by atoms with Crippen LogP contribution in [-0.2, 0) is 24.3 Å². The second-order valence-corrected chi connectivity index (χ2v) is 9.78. The van der Waals surface area contributed by atoms with E-state index >= 15 is 0 Å². The van der Waals surface area contributed by atoms with E-state index in [1.54, 1.807) is 5.38 Å². The highest BCUT2D eigenvalue weighted by molar-refractivity contribution is 7.89. The first-order valence-electron chi connectivity index (χ1n) is 9.45. The molecule has 1 aromatic heterocycles. The number of thiazole rings is 1. The van der Waals surface area contributed by atoms with Crippen LogP contribution < -0.4 is 10.6 Å². The standard InChI is InChI=1S/C19H24N4O5S2/c1-13-12-29-19(20-13)22-18(25)11-23(10-16-4-3-9-28-16)30(26,27)17-7-5-15(6-8-17)21-14(2)24/h5-8,12,16H,3-4,9-11H2,1-2H3,(H,21,24)(H,20,22,25). The van der Waals surface area contributed by atoms with Gasteiger partial charge in [0.15, 0.2) is 5.13 Å². The lowest BCUT2D eigenvalue weighted by atomic mass is 10.2. The molecule has 2 aromatic rings. The Morgan fingerprint density at radius 3 is 2.57 bits per heavy atom. The van der Waals surface area contributed by atoms with E-state index in [2.05, 4.69) is 15.6 Å². The van der Waals surface area contributed by atoms with Gasteiger partial charge in [0.25, 0.3) is 0 Å². The lowest BCUT2D eigenvalue weighted by molar-refractivity contribution is -0.116. The number of sulfonamides is 1. The molecule has 2 N–H and O–H groups in total. The maximum Gasteiger partial charge on any atom is 0.243 e. The van der Waals surface area contributed by atoms with E-state index in [1.807, 2.05) is 6.92 Å². The molecule has 1 aromatic carbocycles. The van der Waals surface area contributed by atoms with Crippen LogP contribution in [0.5, 0.6) is 0 Å². The lowest BCUT2D eigenvalue weighted by Crippen LogP contribution is -2.42. The van der Waals surface area contributed by atoms with Gasteiger partial charge in [-0.3, -0.25) is 9.59 Å². The number of carbonyl (C=O) groups is 2. The molecule has 0 bridgehead atoms. The van der Waals surface area contributed by atoms with Crippen LogP contribution in [0.1, 0.15) is 25.5 Å². The van der Waals surface area contributed by atoms with Crippen molar-refractivity contribution in [2.75, 3.05) is 30.3 Å². The van der Waals surface area contributed by atoms with Crippen LogP contribution in [0, 0.1) is 6.92 Å². The van der Waals surface area contributed by atoms with Crippen LogP contribution in [0.25, 0.3) is 0 Å². The Bertz CT molecular complexity index is 998. The molecule has 1 aliphatic rings. The van der Waals surface area contributed by atoms with Gasteiger partial charge >= 0.3 is 0 Å². The van der Waals surface area contributed by atoms with Crippen molar-refractivity contribution in [3.05, 3.63) is 35.3 Å². The lowest BCUT2D eigenvalue weighted by Gasteiger charge is -2.24. The van der Waals surface area contributed by atoms with Crippen molar-refractivity contribution in [3.63, 3.8) is 0 Å². The smallest absolute Gasteiger partial charge is 0.243 e. The number of aryl methyl sites for hydroxylation is 1. The molecule has 11 heteroatoms. The van der Waals surface area contributed by atoms with Crippen LogP contribution in [0.3, 0.4) is 0 Å². The van der Waals surface area contributed by atoms with E-state index in [-0.39, 0.29) is 30.0 Å². The Labute approximate surface area is 179 Å². The Morgan fingerprint density at radius 1 is 1.27 bits per heavy atom. The summed E-state index contributed by atoms with van der Waals surface area (Å²) in [6.45, 7) is 3.49. The molecule has 2 heterocycles. The molecule has 2 amide bonds. The van der Waals surface area contributed by atoms with E-state index in [0.717, 1.165) is 22.8 Å². The molecule has 0 radical (unpaired) electrons. The minimum Gasteiger partial charge on any atom is -0.377 e. The van der Waals surface area contributed by atoms with Gasteiger partial charge in [-0.1, -0.05) is 0 Å². The fourth-order valence-corrected chi connectivity index (χ4v) is 5.19. The SMILES string of the molecule is CC(=O)Nc1ccc(S(=O)(=O)N(CC(=O)Nc2nc(C)cs2)CC2CCCO2)cc1. The summed E-state index contributed by atoms with van der Waals surface area (Å²) in [7, 11) is -3.95. The first-order valence-corrected chi connectivity index (χ1v) is 11.8. The Balaban J connectivity index is 1.78. The number of anilines is 2. The number of nitrogens with zero attached hydrogens (tertiary/aromatic N) is 2. The molecule has 9 nitrogen and oxygen atoms in total. The van der Waals surface area contributed by atoms with Crippen molar-refractivity contribution in [1.29, 1.82) is 0 Å². The van der Waals surface area contributed by atoms with Crippen LogP contribution >= 0.6 is 11.3 Å². The number of aromatic nitrogens is 1. The molecule has 1 atom stereocenters. The number of hydrogen-bond donors (Lipinski definition) is 2. The molecule has 1 aliphatic heterocycles. The zero-order chi connectivity index (χ0) is 21.7. The summed E-state index contributed by atoms with van der Waals surface area (Å²) in [5.74, 6) is -0.722. The normalized spacial score (nSPS) is 16.6. The largest absolute Gasteiger partial charge is 0.377 e. The summed E-state index contributed by atoms with van der Waals surface area (Å²) < 4.78 is 33.2. The van der Waals surface area contributed by atoms with E-state index in [1.165, 1.54) is 42.5 Å². The van der Waals surface area contributed by atoms with Crippen LogP contribution in [0.4, 0.5) is 10.8 Å². The number of hydrogen-bond acceptors (Lipinski definition) is 7. The van der Waals surface area contributed by atoms with Crippen molar-refractivity contribution in [2.24, 2.45) is 0 Å². The number of rotatable bonds is 8. The van der Waals surface area contributed by atoms with E-state index in [0.29, 0.717) is 17.4 Å². The van der Waals surface area contributed by atoms with E-state index in [9.17, 15) is 18.0 Å². The van der Waals surface area contributed by atoms with Gasteiger partial charge in [-0.05, 0) is 44.0 Å². The zero-order valence-electron chi connectivity index (χ0n) is 16.8. The molecule has 30 heavy (non-hydrogen) atoms. The van der Waals surface area contributed by atoms with Crippen LogP contribution in [0.2, 0.25) is 0 Å². The van der Waals surface area contributed by atoms with E-state index < -0.39 is 15.9 Å². The van der Waals surface area contributed by atoms with Crippen molar-refractivity contribution in [1.82, 2.24) is 9.29 Å². The molecule has 3 rings (SSSR count). The topological polar surface area (TPSA) is 118 Å². The van der Waals surface area contributed by atoms with Gasteiger partial charge < -0.3 is 15.4 Å². The number of ether oxygens (including phenoxy) is 1. The second-order valence-electron chi connectivity index (χ2n) is 6.98. The number of benzene rings is 1. The maximum atomic E-state index is 13.2. The zero-order valence-corrected chi connectivity index (χ0v) is 18.4. The maximum absolute atomic E-state index is 13.2. The molecule has 1 saturated heterocycles. The minimum absolute atomic E-state index is 0.0347. The predicted octanol–water partition coefficient (Wildman–Crippen LogP) is 2.22. The van der Waals surface area contributed by atoms with Crippen molar-refractivity contribution in [2.45, 2.75) is 37.7 Å². The van der Waals surface area contributed by atoms with Gasteiger partial charge in [0, 0.05) is 31.1 Å². The van der Waals surface area contributed by atoms with Crippen molar-refractivity contribution >= 4 is 44.0 Å². The Morgan fingerprint density at radius 2 is 2.00 bits per heavy atom. The first kappa shape index (κ1) is 22.3. The average molecular weight is 453 g/mol. The number of amides is 2. The quantitative estimate of drug-likeness (QED) is 0.634. The number of nitrogens with one attached hydrogen (secondary N) is 2. The molecule has 0 spiro atoms. The monoisotopic (exact) mass is 452 g/mol. The minimum atomic E-state index is -3.95. The highest BCUT2D eigenvalue weighted by Crippen LogP contribution is 2.22. The van der Waals surface area contributed by atoms with Gasteiger partial charge in [-0.25, -0.2) is 13.4 Å². The van der Waals surface area contributed by atoms with Gasteiger partial charge in [-0.2, -0.15) is 4.31 Å². The third-order valence-corrected chi connectivity index (χ3v) is 7.13. The summed E-state index contributed by atoms with van der Waals surface area (Å²) in [6.07, 6.45) is 1.34. The average Bonchev–Trinajstić information content (AvgIpc) is 3.33. The molecule has 162 valence electrons. The first-order chi connectivity index (χ1) is 14.2. The Kier molecular flexibility index (Phi) is 7.19. The van der Waals surface area contributed by atoms with E-state index in [4.69, 9.17) is 4.74 Å². The third-order valence-electron chi connectivity index (χ3n) is 4.43. The summed E-state index contributed by atoms with van der Waals surface area (Å²) in [5.41, 5.74) is 1.27. The third kappa shape index (κ3) is 5.85. The fraction of sp³-hybridized carbons (Fsp3) is 0.421. The van der Waals surface area contributed by atoms with Gasteiger partial charge in [0.2, 0.25) is 21.8 Å². The van der Waals surface area contributed by atoms with Crippen molar-refractivity contribution in [3.8, 4) is 0 Å². The van der Waals surface area contributed by atoms with Crippen LogP contribution in [-0.4, -0.2) is 55.3 Å². The Hall–Kier alpha value is -2.34. The van der Waals surface area contributed by atoms with Gasteiger partial charge in [0.05, 0.1) is 23.2 Å².